The van der Waals surface area contributed by atoms with Crippen LogP contribution in [0.25, 0.3) is 22.5 Å². The van der Waals surface area contributed by atoms with Crippen LogP contribution < -0.4 is 33.3 Å². The third-order valence-electron chi connectivity index (χ3n) is 10.4. The number of aryl methyl sites for hydroxylation is 1. The number of benzene rings is 3. The lowest BCUT2D eigenvalue weighted by Gasteiger charge is -2.40. The SMILES string of the molecule is CCCCc1ccc(N(Cc2ccnc(-c3cc(OC)c(OC)c(OC)c3)c2)C2CCN(Cc3ccnc(-c4cc(OC)c(OC)c(OC)c4)c3)CC2)cc1.Cl.Cl.Cl. The van der Waals surface area contributed by atoms with E-state index >= 15 is 0 Å². The highest BCUT2D eigenvalue weighted by Crippen LogP contribution is 2.42. The third-order valence-corrected chi connectivity index (χ3v) is 10.4. The van der Waals surface area contributed by atoms with Crippen LogP contribution >= 0.6 is 37.2 Å². The summed E-state index contributed by atoms with van der Waals surface area (Å²) in [5.74, 6) is 3.55. The van der Waals surface area contributed by atoms with Crippen molar-refractivity contribution < 1.29 is 28.4 Å². The molecule has 3 heterocycles. The number of halogens is 3. The van der Waals surface area contributed by atoms with E-state index in [0.29, 0.717) is 40.5 Å². The second-order valence-electron chi connectivity index (χ2n) is 13.8. The molecular formula is C45H57Cl3N4O6. The first-order valence-electron chi connectivity index (χ1n) is 19.0. The number of unbranched alkanes of at least 4 members (excludes halogenated alkanes) is 1. The maximum absolute atomic E-state index is 5.64. The highest BCUT2D eigenvalue weighted by atomic mass is 35.5. The van der Waals surface area contributed by atoms with Gasteiger partial charge in [-0.2, -0.15) is 0 Å². The summed E-state index contributed by atoms with van der Waals surface area (Å²) in [5.41, 5.74) is 8.57. The Bertz CT molecular complexity index is 1980. The van der Waals surface area contributed by atoms with E-state index in [9.17, 15) is 0 Å². The van der Waals surface area contributed by atoms with E-state index in [4.69, 9.17) is 38.4 Å². The fourth-order valence-electron chi connectivity index (χ4n) is 7.43. The molecule has 0 aliphatic carbocycles. The molecule has 3 aromatic carbocycles. The second kappa shape index (κ2) is 23.1. The van der Waals surface area contributed by atoms with Crippen molar-refractivity contribution in [3.8, 4) is 57.0 Å². The Morgan fingerprint density at radius 3 is 1.50 bits per heavy atom. The summed E-state index contributed by atoms with van der Waals surface area (Å²) in [6.07, 6.45) is 9.36. The number of nitrogens with zero attached hydrogens (tertiary/aromatic N) is 4. The smallest absolute Gasteiger partial charge is 0.203 e. The Morgan fingerprint density at radius 2 is 1.05 bits per heavy atom. The number of aromatic nitrogens is 2. The molecule has 0 unspecified atom stereocenters. The molecule has 1 aliphatic heterocycles. The molecule has 58 heavy (non-hydrogen) atoms. The molecule has 13 heteroatoms. The van der Waals surface area contributed by atoms with Crippen molar-refractivity contribution in [1.29, 1.82) is 0 Å². The van der Waals surface area contributed by atoms with Crippen molar-refractivity contribution in [2.45, 2.75) is 58.2 Å². The molecule has 6 rings (SSSR count). The molecule has 2 aromatic heterocycles. The largest absolute Gasteiger partial charge is 0.493 e. The van der Waals surface area contributed by atoms with Gasteiger partial charge in [0.25, 0.3) is 0 Å². The topological polar surface area (TPSA) is 87.6 Å². The molecule has 1 saturated heterocycles. The minimum absolute atomic E-state index is 0. The van der Waals surface area contributed by atoms with Gasteiger partial charge in [-0.25, -0.2) is 0 Å². The first-order valence-corrected chi connectivity index (χ1v) is 19.0. The van der Waals surface area contributed by atoms with Gasteiger partial charge in [0.2, 0.25) is 11.5 Å². The zero-order valence-corrected chi connectivity index (χ0v) is 36.9. The molecule has 0 amide bonds. The van der Waals surface area contributed by atoms with Crippen LogP contribution in [0.5, 0.6) is 34.5 Å². The lowest BCUT2D eigenvalue weighted by molar-refractivity contribution is 0.201. The fraction of sp³-hybridized carbons (Fsp3) is 0.378. The molecule has 0 N–H and O–H groups in total. The van der Waals surface area contributed by atoms with Gasteiger partial charge in [0.05, 0.1) is 54.0 Å². The molecule has 0 saturated carbocycles. The monoisotopic (exact) mass is 854 g/mol. The molecule has 0 spiro atoms. The molecule has 1 aliphatic rings. The van der Waals surface area contributed by atoms with Crippen molar-refractivity contribution in [3.63, 3.8) is 0 Å². The minimum atomic E-state index is 0. The van der Waals surface area contributed by atoms with Crippen LogP contribution in [0.2, 0.25) is 0 Å². The second-order valence-corrected chi connectivity index (χ2v) is 13.8. The van der Waals surface area contributed by atoms with Crippen LogP contribution in [0.4, 0.5) is 5.69 Å². The first-order chi connectivity index (χ1) is 26.9. The van der Waals surface area contributed by atoms with E-state index < -0.39 is 0 Å². The van der Waals surface area contributed by atoms with Gasteiger partial charge in [0, 0.05) is 61.4 Å². The minimum Gasteiger partial charge on any atom is -0.493 e. The van der Waals surface area contributed by atoms with Gasteiger partial charge in [-0.05, 0) is 103 Å². The van der Waals surface area contributed by atoms with E-state index in [1.807, 2.05) is 36.7 Å². The summed E-state index contributed by atoms with van der Waals surface area (Å²) in [4.78, 5) is 14.6. The zero-order chi connectivity index (χ0) is 38.7. The number of anilines is 1. The van der Waals surface area contributed by atoms with Gasteiger partial charge < -0.3 is 33.3 Å². The van der Waals surface area contributed by atoms with E-state index in [1.165, 1.54) is 35.2 Å². The molecule has 314 valence electrons. The van der Waals surface area contributed by atoms with Crippen LogP contribution in [0.3, 0.4) is 0 Å². The number of hydrogen-bond acceptors (Lipinski definition) is 10. The molecule has 0 bridgehead atoms. The number of rotatable bonds is 17. The number of ether oxygens (including phenoxy) is 6. The summed E-state index contributed by atoms with van der Waals surface area (Å²) >= 11 is 0. The highest BCUT2D eigenvalue weighted by Gasteiger charge is 2.26. The van der Waals surface area contributed by atoms with Gasteiger partial charge >= 0.3 is 0 Å². The zero-order valence-electron chi connectivity index (χ0n) is 34.5. The Kier molecular flexibility index (Phi) is 19.0. The molecule has 5 aromatic rings. The summed E-state index contributed by atoms with van der Waals surface area (Å²) in [5, 5.41) is 0. The van der Waals surface area contributed by atoms with E-state index in [2.05, 4.69) is 65.3 Å². The number of likely N-dealkylation sites (tertiary alicyclic amines) is 1. The molecule has 0 atom stereocenters. The molecule has 1 fully saturated rings. The summed E-state index contributed by atoms with van der Waals surface area (Å²) in [6, 6.07) is 25.9. The van der Waals surface area contributed by atoms with Crippen molar-refractivity contribution in [1.82, 2.24) is 14.9 Å². The summed E-state index contributed by atoms with van der Waals surface area (Å²) in [7, 11) is 9.75. The maximum atomic E-state index is 5.64. The fourth-order valence-corrected chi connectivity index (χ4v) is 7.43. The number of pyridine rings is 2. The Hall–Kier alpha value is -4.61. The lowest BCUT2D eigenvalue weighted by Crippen LogP contribution is -2.44. The Labute approximate surface area is 362 Å². The highest BCUT2D eigenvalue weighted by molar-refractivity contribution is 5.86. The third kappa shape index (κ3) is 11.3. The maximum Gasteiger partial charge on any atom is 0.203 e. The van der Waals surface area contributed by atoms with Crippen molar-refractivity contribution >= 4 is 42.9 Å². The molecular weight excluding hydrogens is 799 g/mol. The Morgan fingerprint density at radius 1 is 0.586 bits per heavy atom. The van der Waals surface area contributed by atoms with Crippen LogP contribution in [-0.4, -0.2) is 76.7 Å². The van der Waals surface area contributed by atoms with Crippen molar-refractivity contribution in [2.24, 2.45) is 0 Å². The molecule has 10 nitrogen and oxygen atoms in total. The normalized spacial score (nSPS) is 12.6. The number of hydrogen-bond donors (Lipinski definition) is 0. The molecule has 0 radical (unpaired) electrons. The predicted molar refractivity (Wildman–Crippen MR) is 240 cm³/mol. The summed E-state index contributed by atoms with van der Waals surface area (Å²) in [6.45, 7) is 5.84. The van der Waals surface area contributed by atoms with Crippen LogP contribution in [0, 0.1) is 0 Å². The van der Waals surface area contributed by atoms with Gasteiger partial charge in [-0.1, -0.05) is 25.5 Å². The van der Waals surface area contributed by atoms with Crippen molar-refractivity contribution in [3.05, 3.63) is 102 Å². The van der Waals surface area contributed by atoms with Gasteiger partial charge in [0.1, 0.15) is 0 Å². The standard InChI is InChI=1S/C45H54N4O6.3ClH/c1-8-9-10-31-11-13-36(14-12-31)49(30-33-16-20-47-39(24-33)35-27-42(52-4)45(55-7)43(28-35)53-5)37-17-21-48(22-18-37)29-32-15-19-46-38(23-32)34-25-40(50-2)44(54-6)41(26-34)51-3;;;/h11-16,19-20,23-28,37H,8-10,17-18,21-22,29-30H2,1-7H3;3*1H. The lowest BCUT2D eigenvalue weighted by atomic mass is 9.99. The van der Waals surface area contributed by atoms with E-state index in [1.54, 1.807) is 42.7 Å². The van der Waals surface area contributed by atoms with Crippen LogP contribution in [-0.2, 0) is 19.5 Å². The first kappa shape index (κ1) is 47.8. The van der Waals surface area contributed by atoms with Crippen LogP contribution in [0.15, 0.2) is 85.2 Å². The van der Waals surface area contributed by atoms with Gasteiger partial charge in [0.15, 0.2) is 23.0 Å². The van der Waals surface area contributed by atoms with E-state index in [0.717, 1.165) is 68.0 Å². The van der Waals surface area contributed by atoms with Crippen LogP contribution in [0.1, 0.15) is 49.3 Å². The van der Waals surface area contributed by atoms with Crippen molar-refractivity contribution in [2.75, 3.05) is 60.6 Å². The average molecular weight is 856 g/mol. The quantitative estimate of drug-likeness (QED) is 0.0901. The predicted octanol–water partition coefficient (Wildman–Crippen LogP) is 10.1. The summed E-state index contributed by atoms with van der Waals surface area (Å²) < 4.78 is 33.6. The number of piperidine rings is 1. The van der Waals surface area contributed by atoms with E-state index in [-0.39, 0.29) is 37.2 Å². The number of methoxy groups -OCH3 is 6. The van der Waals surface area contributed by atoms with Gasteiger partial charge in [-0.3, -0.25) is 14.9 Å². The Balaban J connectivity index is 0.00000300. The van der Waals surface area contributed by atoms with Gasteiger partial charge in [-0.15, -0.1) is 37.2 Å². The average Bonchev–Trinajstić information content (AvgIpc) is 3.24.